The van der Waals surface area contributed by atoms with Crippen molar-refractivity contribution in [1.82, 2.24) is 10.2 Å². The van der Waals surface area contributed by atoms with Gasteiger partial charge in [-0.25, -0.2) is 4.39 Å². The Morgan fingerprint density at radius 3 is 2.32 bits per heavy atom. The summed E-state index contributed by atoms with van der Waals surface area (Å²) >= 11 is 0. The van der Waals surface area contributed by atoms with E-state index in [9.17, 15) is 9.18 Å². The van der Waals surface area contributed by atoms with Crippen molar-refractivity contribution in [1.29, 1.82) is 0 Å². The van der Waals surface area contributed by atoms with Crippen LogP contribution in [-0.2, 0) is 0 Å². The molecule has 2 fully saturated rings. The standard InChI is InChI=1S/C24H29FN2O/c1-16-3-6-19(13-17(16)2)20-7-8-22(23(25)14-20)24(28)27-11-9-21(10-12-27)26-15-18-4-5-18/h3,6-8,13-14,18,21,26H,4-5,9-12,15H2,1-2H3. The van der Waals surface area contributed by atoms with Crippen molar-refractivity contribution in [2.45, 2.75) is 45.6 Å². The van der Waals surface area contributed by atoms with E-state index in [1.54, 1.807) is 11.0 Å². The van der Waals surface area contributed by atoms with Crippen LogP contribution < -0.4 is 5.32 Å². The van der Waals surface area contributed by atoms with Gasteiger partial charge >= 0.3 is 0 Å². The highest BCUT2D eigenvalue weighted by atomic mass is 19.1. The monoisotopic (exact) mass is 380 g/mol. The third kappa shape index (κ3) is 4.27. The normalized spacial score (nSPS) is 17.8. The highest BCUT2D eigenvalue weighted by Gasteiger charge is 2.27. The lowest BCUT2D eigenvalue weighted by molar-refractivity contribution is 0.0700. The number of likely N-dealkylation sites (tertiary alicyclic amines) is 1. The minimum atomic E-state index is -0.435. The van der Waals surface area contributed by atoms with Crippen LogP contribution in [0.3, 0.4) is 0 Å². The molecule has 28 heavy (non-hydrogen) atoms. The molecule has 1 N–H and O–H groups in total. The molecule has 1 saturated heterocycles. The first-order chi connectivity index (χ1) is 13.5. The minimum absolute atomic E-state index is 0.178. The molecule has 0 atom stereocenters. The molecule has 2 aromatic carbocycles. The van der Waals surface area contributed by atoms with Gasteiger partial charge in [0.05, 0.1) is 5.56 Å². The molecular weight excluding hydrogens is 351 g/mol. The summed E-state index contributed by atoms with van der Waals surface area (Å²) in [5.41, 5.74) is 4.35. The number of nitrogens with one attached hydrogen (secondary N) is 1. The van der Waals surface area contributed by atoms with Gasteiger partial charge in [-0.2, -0.15) is 0 Å². The summed E-state index contributed by atoms with van der Waals surface area (Å²) in [6.45, 7) is 6.61. The predicted molar refractivity (Wildman–Crippen MR) is 111 cm³/mol. The molecule has 1 saturated carbocycles. The van der Waals surface area contributed by atoms with Crippen molar-refractivity contribution in [2.75, 3.05) is 19.6 Å². The van der Waals surface area contributed by atoms with Crippen LogP contribution in [0.5, 0.6) is 0 Å². The van der Waals surface area contributed by atoms with Gasteiger partial charge in [0.25, 0.3) is 5.91 Å². The number of halogens is 1. The number of nitrogens with zero attached hydrogens (tertiary/aromatic N) is 1. The number of amides is 1. The molecule has 1 aliphatic carbocycles. The van der Waals surface area contributed by atoms with Crippen molar-refractivity contribution in [3.8, 4) is 11.1 Å². The Hall–Kier alpha value is -2.20. The van der Waals surface area contributed by atoms with Gasteiger partial charge in [-0.05, 0) is 86.4 Å². The van der Waals surface area contributed by atoms with Crippen LogP contribution in [-0.4, -0.2) is 36.5 Å². The summed E-state index contributed by atoms with van der Waals surface area (Å²) in [7, 11) is 0. The van der Waals surface area contributed by atoms with E-state index in [1.165, 1.54) is 30.0 Å². The summed E-state index contributed by atoms with van der Waals surface area (Å²) < 4.78 is 14.8. The van der Waals surface area contributed by atoms with Crippen LogP contribution in [0.2, 0.25) is 0 Å². The molecule has 0 aromatic heterocycles. The Morgan fingerprint density at radius 1 is 1.00 bits per heavy atom. The Labute approximate surface area is 166 Å². The second kappa shape index (κ2) is 8.04. The molecule has 1 heterocycles. The fraction of sp³-hybridized carbons (Fsp3) is 0.458. The first-order valence-corrected chi connectivity index (χ1v) is 10.4. The fourth-order valence-corrected chi connectivity index (χ4v) is 3.90. The van der Waals surface area contributed by atoms with Gasteiger partial charge in [0.2, 0.25) is 0 Å². The lowest BCUT2D eigenvalue weighted by Gasteiger charge is -2.32. The second-order valence-electron chi connectivity index (χ2n) is 8.41. The average Bonchev–Trinajstić information content (AvgIpc) is 3.53. The lowest BCUT2D eigenvalue weighted by Crippen LogP contribution is -2.45. The van der Waals surface area contributed by atoms with E-state index in [4.69, 9.17) is 0 Å². The Morgan fingerprint density at radius 2 is 1.68 bits per heavy atom. The van der Waals surface area contributed by atoms with Gasteiger partial charge in [-0.15, -0.1) is 0 Å². The number of piperidine rings is 1. The third-order valence-corrected chi connectivity index (χ3v) is 6.21. The molecule has 2 aliphatic rings. The maximum atomic E-state index is 14.8. The van der Waals surface area contributed by atoms with Crippen molar-refractivity contribution in [3.05, 3.63) is 58.9 Å². The zero-order valence-electron chi connectivity index (χ0n) is 16.8. The van der Waals surface area contributed by atoms with Crippen molar-refractivity contribution in [3.63, 3.8) is 0 Å². The van der Waals surface area contributed by atoms with Crippen molar-refractivity contribution in [2.24, 2.45) is 5.92 Å². The van der Waals surface area contributed by atoms with E-state index in [2.05, 4.69) is 25.2 Å². The first-order valence-electron chi connectivity index (χ1n) is 10.4. The Bertz CT molecular complexity index is 867. The number of hydrogen-bond donors (Lipinski definition) is 1. The molecule has 148 valence electrons. The number of hydrogen-bond acceptors (Lipinski definition) is 2. The highest BCUT2D eigenvalue weighted by Crippen LogP contribution is 2.28. The quantitative estimate of drug-likeness (QED) is 0.814. The van der Waals surface area contributed by atoms with Crippen LogP contribution in [0, 0.1) is 25.6 Å². The van der Waals surface area contributed by atoms with Gasteiger partial charge in [0.1, 0.15) is 5.82 Å². The van der Waals surface area contributed by atoms with Crippen LogP contribution >= 0.6 is 0 Å². The van der Waals surface area contributed by atoms with E-state index in [-0.39, 0.29) is 11.5 Å². The smallest absolute Gasteiger partial charge is 0.256 e. The van der Waals surface area contributed by atoms with Crippen molar-refractivity contribution < 1.29 is 9.18 Å². The summed E-state index contributed by atoms with van der Waals surface area (Å²) in [4.78, 5) is 14.6. The largest absolute Gasteiger partial charge is 0.338 e. The molecule has 2 aromatic rings. The van der Waals surface area contributed by atoms with Gasteiger partial charge in [0, 0.05) is 19.1 Å². The van der Waals surface area contributed by atoms with Crippen LogP contribution in [0.4, 0.5) is 4.39 Å². The molecule has 1 amide bonds. The predicted octanol–water partition coefficient (Wildman–Crippen LogP) is 4.71. The molecule has 0 bridgehead atoms. The van der Waals surface area contributed by atoms with E-state index >= 15 is 0 Å². The SMILES string of the molecule is Cc1ccc(-c2ccc(C(=O)N3CCC(NCC4CC4)CC3)c(F)c2)cc1C. The Kier molecular flexibility index (Phi) is 5.49. The van der Waals surface area contributed by atoms with Gasteiger partial charge in [0.15, 0.2) is 0 Å². The zero-order chi connectivity index (χ0) is 19.7. The first kappa shape index (κ1) is 19.1. The molecule has 0 unspecified atom stereocenters. The van der Waals surface area contributed by atoms with E-state index in [0.717, 1.165) is 36.4 Å². The lowest BCUT2D eigenvalue weighted by atomic mass is 9.98. The maximum absolute atomic E-state index is 14.8. The van der Waals surface area contributed by atoms with Crippen LogP contribution in [0.1, 0.15) is 47.2 Å². The summed E-state index contributed by atoms with van der Waals surface area (Å²) in [6, 6.07) is 11.6. The van der Waals surface area contributed by atoms with Gasteiger partial charge in [-0.1, -0.05) is 24.3 Å². The molecule has 4 rings (SSSR count). The number of carbonyl (C=O) groups is 1. The molecule has 3 nitrogen and oxygen atoms in total. The molecule has 1 aliphatic heterocycles. The second-order valence-corrected chi connectivity index (χ2v) is 8.41. The van der Waals surface area contributed by atoms with Crippen molar-refractivity contribution >= 4 is 5.91 Å². The van der Waals surface area contributed by atoms with Gasteiger partial charge in [-0.3, -0.25) is 4.79 Å². The van der Waals surface area contributed by atoms with Gasteiger partial charge < -0.3 is 10.2 Å². The van der Waals surface area contributed by atoms with Crippen LogP contribution in [0.15, 0.2) is 36.4 Å². The van der Waals surface area contributed by atoms with Crippen LogP contribution in [0.25, 0.3) is 11.1 Å². The summed E-state index contributed by atoms with van der Waals surface area (Å²) in [5, 5.41) is 3.62. The molecule has 0 spiro atoms. The number of aryl methyl sites for hydroxylation is 2. The fourth-order valence-electron chi connectivity index (χ4n) is 3.90. The zero-order valence-corrected chi connectivity index (χ0v) is 16.8. The summed E-state index contributed by atoms with van der Waals surface area (Å²) in [6.07, 6.45) is 4.59. The number of benzene rings is 2. The molecule has 0 radical (unpaired) electrons. The Balaban J connectivity index is 1.41. The molecular formula is C24H29FN2O. The van der Waals surface area contributed by atoms with E-state index in [1.807, 2.05) is 18.2 Å². The minimum Gasteiger partial charge on any atom is -0.338 e. The summed E-state index contributed by atoms with van der Waals surface area (Å²) in [5.74, 6) is 0.240. The van der Waals surface area contributed by atoms with E-state index in [0.29, 0.717) is 19.1 Å². The number of carbonyl (C=O) groups excluding carboxylic acids is 1. The topological polar surface area (TPSA) is 32.3 Å². The molecule has 4 heteroatoms. The number of rotatable bonds is 5. The van der Waals surface area contributed by atoms with E-state index < -0.39 is 5.82 Å². The average molecular weight is 381 g/mol. The maximum Gasteiger partial charge on any atom is 0.256 e. The highest BCUT2D eigenvalue weighted by molar-refractivity contribution is 5.95. The third-order valence-electron chi connectivity index (χ3n) is 6.21.